The van der Waals surface area contributed by atoms with Gasteiger partial charge in [0, 0.05) is 41.8 Å². The van der Waals surface area contributed by atoms with Gasteiger partial charge in [-0.3, -0.25) is 4.98 Å². The molecule has 2 heterocycles. The summed E-state index contributed by atoms with van der Waals surface area (Å²) in [5, 5.41) is 6.63. The number of nitrogens with one attached hydrogen (secondary N) is 1. The van der Waals surface area contributed by atoms with E-state index in [4.69, 9.17) is 0 Å². The third-order valence-electron chi connectivity index (χ3n) is 2.68. The van der Waals surface area contributed by atoms with E-state index in [1.807, 2.05) is 32.3 Å². The van der Waals surface area contributed by atoms with E-state index in [-0.39, 0.29) is 0 Å². The lowest BCUT2D eigenvalue weighted by molar-refractivity contribution is 0.549. The van der Waals surface area contributed by atoms with E-state index in [0.29, 0.717) is 6.04 Å². The molecule has 0 fully saturated rings. The van der Waals surface area contributed by atoms with Crippen molar-refractivity contribution in [3.05, 3.63) is 46.2 Å². The number of rotatable bonds is 5. The van der Waals surface area contributed by atoms with E-state index in [2.05, 4.69) is 26.7 Å². The molecule has 3 nitrogen and oxygen atoms in total. The van der Waals surface area contributed by atoms with Gasteiger partial charge in [-0.2, -0.15) is 0 Å². The van der Waals surface area contributed by atoms with E-state index in [0.717, 1.165) is 24.2 Å². The monoisotopic (exact) mass is 247 g/mol. The van der Waals surface area contributed by atoms with Crippen LogP contribution in [0.3, 0.4) is 0 Å². The molecule has 2 aromatic heterocycles. The molecule has 1 N–H and O–H groups in total. The number of hydrogen-bond acceptors (Lipinski definition) is 4. The fourth-order valence-electron chi connectivity index (χ4n) is 1.75. The predicted octanol–water partition coefficient (Wildman–Crippen LogP) is 2.22. The number of thiazole rings is 1. The van der Waals surface area contributed by atoms with Gasteiger partial charge >= 0.3 is 0 Å². The highest BCUT2D eigenvalue weighted by atomic mass is 32.1. The molecule has 2 aromatic rings. The van der Waals surface area contributed by atoms with Crippen molar-refractivity contribution in [3.8, 4) is 0 Å². The third kappa shape index (κ3) is 3.61. The lowest BCUT2D eigenvalue weighted by Crippen LogP contribution is -2.30. The first-order valence-electron chi connectivity index (χ1n) is 5.76. The first kappa shape index (κ1) is 12.2. The first-order chi connectivity index (χ1) is 8.28. The summed E-state index contributed by atoms with van der Waals surface area (Å²) in [6.45, 7) is 2.03. The fraction of sp³-hybridized carbons (Fsp3) is 0.385. The van der Waals surface area contributed by atoms with E-state index >= 15 is 0 Å². The van der Waals surface area contributed by atoms with Crippen LogP contribution in [0.25, 0.3) is 0 Å². The van der Waals surface area contributed by atoms with E-state index in [1.54, 1.807) is 11.3 Å². The average molecular weight is 247 g/mol. The molecule has 0 bridgehead atoms. The molecule has 0 spiro atoms. The number of nitrogens with zero attached hydrogens (tertiary/aromatic N) is 2. The van der Waals surface area contributed by atoms with Crippen LogP contribution >= 0.6 is 11.3 Å². The Kier molecular flexibility index (Phi) is 4.23. The molecule has 0 aliphatic heterocycles. The largest absolute Gasteiger partial charge is 0.316 e. The smallest absolute Gasteiger partial charge is 0.0943 e. The molecule has 0 aliphatic carbocycles. The van der Waals surface area contributed by atoms with Gasteiger partial charge < -0.3 is 5.32 Å². The zero-order valence-corrected chi connectivity index (χ0v) is 11.0. The highest BCUT2D eigenvalue weighted by Crippen LogP contribution is 2.12. The van der Waals surface area contributed by atoms with Gasteiger partial charge in [0.05, 0.1) is 5.01 Å². The highest BCUT2D eigenvalue weighted by molar-refractivity contribution is 7.09. The van der Waals surface area contributed by atoms with Crippen molar-refractivity contribution in [2.75, 3.05) is 7.05 Å². The molecule has 1 unspecified atom stereocenters. The summed E-state index contributed by atoms with van der Waals surface area (Å²) < 4.78 is 0. The van der Waals surface area contributed by atoms with Crippen molar-refractivity contribution in [2.45, 2.75) is 25.8 Å². The Balaban J connectivity index is 1.98. The van der Waals surface area contributed by atoms with E-state index < -0.39 is 0 Å². The van der Waals surface area contributed by atoms with Gasteiger partial charge in [-0.1, -0.05) is 6.07 Å². The molecular formula is C13H17N3S. The van der Waals surface area contributed by atoms with Gasteiger partial charge in [0.1, 0.15) is 0 Å². The number of pyridine rings is 1. The minimum Gasteiger partial charge on any atom is -0.316 e. The van der Waals surface area contributed by atoms with Crippen LogP contribution in [0.5, 0.6) is 0 Å². The van der Waals surface area contributed by atoms with Crippen LogP contribution in [0.2, 0.25) is 0 Å². The normalized spacial score (nSPS) is 12.6. The Bertz CT molecular complexity index is 453. The summed E-state index contributed by atoms with van der Waals surface area (Å²) in [6, 6.07) is 6.44. The maximum absolute atomic E-state index is 4.50. The predicted molar refractivity (Wildman–Crippen MR) is 71.3 cm³/mol. The maximum atomic E-state index is 4.50. The van der Waals surface area contributed by atoms with Gasteiger partial charge in [-0.05, 0) is 26.1 Å². The first-order valence-corrected chi connectivity index (χ1v) is 6.64. The minimum atomic E-state index is 0.399. The van der Waals surface area contributed by atoms with Crippen LogP contribution in [-0.2, 0) is 12.8 Å². The summed E-state index contributed by atoms with van der Waals surface area (Å²) in [5.74, 6) is 0. The second kappa shape index (κ2) is 5.89. The van der Waals surface area contributed by atoms with Crippen molar-refractivity contribution >= 4 is 11.3 Å². The van der Waals surface area contributed by atoms with Gasteiger partial charge in [0.25, 0.3) is 0 Å². The number of aromatic nitrogens is 2. The summed E-state index contributed by atoms with van der Waals surface area (Å²) in [4.78, 5) is 8.85. The standard InChI is InChI=1S/C13H17N3S/c1-10-9-17-13(16-10)8-12(14-2)7-11-5-3-4-6-15-11/h3-6,9,12,14H,7-8H2,1-2H3. The maximum Gasteiger partial charge on any atom is 0.0943 e. The SMILES string of the molecule is CNC(Cc1ccccn1)Cc1nc(C)cs1. The van der Waals surface area contributed by atoms with Crippen LogP contribution in [0.1, 0.15) is 16.4 Å². The Morgan fingerprint density at radius 2 is 2.24 bits per heavy atom. The lowest BCUT2D eigenvalue weighted by atomic mass is 10.1. The summed E-state index contributed by atoms with van der Waals surface area (Å²) in [7, 11) is 1.99. The zero-order valence-electron chi connectivity index (χ0n) is 10.2. The van der Waals surface area contributed by atoms with Crippen molar-refractivity contribution < 1.29 is 0 Å². The number of likely N-dealkylation sites (N-methyl/N-ethyl adjacent to an activating group) is 1. The van der Waals surface area contributed by atoms with Crippen LogP contribution in [0.15, 0.2) is 29.8 Å². The molecular weight excluding hydrogens is 230 g/mol. The Morgan fingerprint density at radius 1 is 1.35 bits per heavy atom. The topological polar surface area (TPSA) is 37.8 Å². The molecule has 0 aromatic carbocycles. The van der Waals surface area contributed by atoms with Gasteiger partial charge in [0.15, 0.2) is 0 Å². The molecule has 0 aliphatic rings. The van der Waals surface area contributed by atoms with Crippen LogP contribution in [0, 0.1) is 6.92 Å². The summed E-state index contributed by atoms with van der Waals surface area (Å²) in [5.41, 5.74) is 2.23. The number of hydrogen-bond donors (Lipinski definition) is 1. The van der Waals surface area contributed by atoms with Gasteiger partial charge in [0.2, 0.25) is 0 Å². The van der Waals surface area contributed by atoms with E-state index in [1.165, 1.54) is 5.01 Å². The average Bonchev–Trinajstić information content (AvgIpc) is 2.75. The Hall–Kier alpha value is -1.26. The summed E-state index contributed by atoms with van der Waals surface area (Å²) >= 11 is 1.73. The van der Waals surface area contributed by atoms with Crippen LogP contribution in [0.4, 0.5) is 0 Å². The second-order valence-corrected chi connectivity index (χ2v) is 5.04. The molecule has 0 saturated carbocycles. The molecule has 0 amide bonds. The van der Waals surface area contributed by atoms with Crippen molar-refractivity contribution in [1.82, 2.24) is 15.3 Å². The van der Waals surface area contributed by atoms with Gasteiger partial charge in [-0.15, -0.1) is 11.3 Å². The van der Waals surface area contributed by atoms with E-state index in [9.17, 15) is 0 Å². The van der Waals surface area contributed by atoms with Crippen molar-refractivity contribution in [2.24, 2.45) is 0 Å². The molecule has 90 valence electrons. The zero-order chi connectivity index (χ0) is 12.1. The van der Waals surface area contributed by atoms with Crippen molar-refractivity contribution in [3.63, 3.8) is 0 Å². The Labute approximate surface area is 106 Å². The van der Waals surface area contributed by atoms with Crippen LogP contribution in [-0.4, -0.2) is 23.1 Å². The molecule has 0 radical (unpaired) electrons. The quantitative estimate of drug-likeness (QED) is 0.880. The van der Waals surface area contributed by atoms with Gasteiger partial charge in [-0.25, -0.2) is 4.98 Å². The highest BCUT2D eigenvalue weighted by Gasteiger charge is 2.11. The molecule has 17 heavy (non-hydrogen) atoms. The third-order valence-corrected chi connectivity index (χ3v) is 3.67. The van der Waals surface area contributed by atoms with Crippen molar-refractivity contribution in [1.29, 1.82) is 0 Å². The fourth-order valence-corrected chi connectivity index (χ4v) is 2.61. The number of aryl methyl sites for hydroxylation is 1. The minimum absolute atomic E-state index is 0.399. The molecule has 4 heteroatoms. The molecule has 1 atom stereocenters. The Morgan fingerprint density at radius 3 is 2.82 bits per heavy atom. The van der Waals surface area contributed by atoms with Crippen LogP contribution < -0.4 is 5.32 Å². The molecule has 0 saturated heterocycles. The molecule has 2 rings (SSSR count). The lowest BCUT2D eigenvalue weighted by Gasteiger charge is -2.13. The summed E-state index contributed by atoms with van der Waals surface area (Å²) in [6.07, 6.45) is 3.75. The second-order valence-electron chi connectivity index (χ2n) is 4.10.